The fourth-order valence-corrected chi connectivity index (χ4v) is 1.85. The first-order valence-corrected chi connectivity index (χ1v) is 6.28. The SMILES string of the molecule is Cc1ccc(C)c(NC=CCc2ccccc2)c1. The summed E-state index contributed by atoms with van der Waals surface area (Å²) in [6.45, 7) is 4.23. The third-order valence-corrected chi connectivity index (χ3v) is 2.95. The van der Waals surface area contributed by atoms with Gasteiger partial charge in [0.15, 0.2) is 0 Å². The molecule has 1 heteroatoms. The molecule has 0 saturated heterocycles. The minimum Gasteiger partial charge on any atom is -0.362 e. The number of allylic oxidation sites excluding steroid dienone is 1. The zero-order chi connectivity index (χ0) is 12.8. The maximum Gasteiger partial charge on any atom is 0.0411 e. The van der Waals surface area contributed by atoms with Gasteiger partial charge in [0.05, 0.1) is 0 Å². The van der Waals surface area contributed by atoms with Crippen LogP contribution in [0.15, 0.2) is 60.8 Å². The molecule has 0 aliphatic heterocycles. The summed E-state index contributed by atoms with van der Waals surface area (Å²) in [5, 5.41) is 3.34. The Kier molecular flexibility index (Phi) is 4.19. The second kappa shape index (κ2) is 6.06. The van der Waals surface area contributed by atoms with Gasteiger partial charge in [-0.1, -0.05) is 48.5 Å². The number of nitrogens with one attached hydrogen (secondary N) is 1. The Bertz CT molecular complexity index is 527. The highest BCUT2D eigenvalue weighted by Crippen LogP contribution is 2.16. The average molecular weight is 237 g/mol. The normalized spacial score (nSPS) is 10.8. The molecule has 0 aliphatic carbocycles. The van der Waals surface area contributed by atoms with E-state index < -0.39 is 0 Å². The molecule has 0 amide bonds. The summed E-state index contributed by atoms with van der Waals surface area (Å²) in [5.41, 5.74) is 5.06. The number of anilines is 1. The Morgan fingerprint density at radius 3 is 2.56 bits per heavy atom. The molecule has 0 spiro atoms. The van der Waals surface area contributed by atoms with Crippen molar-refractivity contribution in [1.29, 1.82) is 0 Å². The van der Waals surface area contributed by atoms with Gasteiger partial charge in [-0.2, -0.15) is 0 Å². The zero-order valence-electron chi connectivity index (χ0n) is 11.0. The molecule has 0 bridgehead atoms. The van der Waals surface area contributed by atoms with Crippen LogP contribution in [0, 0.1) is 13.8 Å². The molecular formula is C17H19N. The van der Waals surface area contributed by atoms with Crippen molar-refractivity contribution < 1.29 is 0 Å². The van der Waals surface area contributed by atoms with Crippen LogP contribution in [0.3, 0.4) is 0 Å². The van der Waals surface area contributed by atoms with Crippen molar-refractivity contribution in [1.82, 2.24) is 0 Å². The third kappa shape index (κ3) is 3.49. The molecule has 0 fully saturated rings. The van der Waals surface area contributed by atoms with Crippen LogP contribution in [0.1, 0.15) is 16.7 Å². The lowest BCUT2D eigenvalue weighted by Crippen LogP contribution is -1.92. The standard InChI is InChI=1S/C17H19N/c1-14-10-11-15(2)17(13-14)18-12-6-9-16-7-4-3-5-8-16/h3-8,10-13,18H,9H2,1-2H3. The highest BCUT2D eigenvalue weighted by Gasteiger charge is 1.95. The lowest BCUT2D eigenvalue weighted by molar-refractivity contribution is 1.26. The van der Waals surface area contributed by atoms with Gasteiger partial charge in [0, 0.05) is 5.69 Å². The molecule has 0 aliphatic rings. The average Bonchev–Trinajstić information content (AvgIpc) is 2.40. The van der Waals surface area contributed by atoms with E-state index in [9.17, 15) is 0 Å². The maximum absolute atomic E-state index is 3.34. The molecule has 0 radical (unpaired) electrons. The van der Waals surface area contributed by atoms with Gasteiger partial charge in [0.25, 0.3) is 0 Å². The lowest BCUT2D eigenvalue weighted by Gasteiger charge is -2.06. The van der Waals surface area contributed by atoms with Crippen LogP contribution in [-0.4, -0.2) is 0 Å². The smallest absolute Gasteiger partial charge is 0.0411 e. The molecule has 1 N–H and O–H groups in total. The second-order valence-corrected chi connectivity index (χ2v) is 4.55. The fraction of sp³-hybridized carbons (Fsp3) is 0.176. The number of benzene rings is 2. The Morgan fingerprint density at radius 2 is 1.78 bits per heavy atom. The van der Waals surface area contributed by atoms with Crippen molar-refractivity contribution in [2.75, 3.05) is 5.32 Å². The van der Waals surface area contributed by atoms with E-state index in [4.69, 9.17) is 0 Å². The molecule has 2 aromatic carbocycles. The summed E-state index contributed by atoms with van der Waals surface area (Å²) >= 11 is 0. The molecule has 18 heavy (non-hydrogen) atoms. The van der Waals surface area contributed by atoms with Crippen molar-refractivity contribution in [2.24, 2.45) is 0 Å². The molecular weight excluding hydrogens is 218 g/mol. The van der Waals surface area contributed by atoms with E-state index in [0.717, 1.165) is 6.42 Å². The summed E-state index contributed by atoms with van der Waals surface area (Å²) < 4.78 is 0. The van der Waals surface area contributed by atoms with Crippen LogP contribution in [0.25, 0.3) is 0 Å². The molecule has 0 heterocycles. The first-order valence-electron chi connectivity index (χ1n) is 6.28. The van der Waals surface area contributed by atoms with E-state index >= 15 is 0 Å². The highest BCUT2D eigenvalue weighted by molar-refractivity contribution is 5.54. The van der Waals surface area contributed by atoms with Gasteiger partial charge in [0.1, 0.15) is 0 Å². The van der Waals surface area contributed by atoms with Gasteiger partial charge in [-0.15, -0.1) is 0 Å². The fourth-order valence-electron chi connectivity index (χ4n) is 1.85. The van der Waals surface area contributed by atoms with Gasteiger partial charge in [-0.05, 0) is 49.2 Å². The largest absolute Gasteiger partial charge is 0.362 e. The van der Waals surface area contributed by atoms with Crippen LogP contribution in [0.2, 0.25) is 0 Å². The van der Waals surface area contributed by atoms with E-state index in [2.05, 4.69) is 67.7 Å². The van der Waals surface area contributed by atoms with E-state index in [0.29, 0.717) is 0 Å². The lowest BCUT2D eigenvalue weighted by atomic mass is 10.1. The Labute approximate surface area is 109 Å². The molecule has 92 valence electrons. The van der Waals surface area contributed by atoms with Crippen molar-refractivity contribution in [3.8, 4) is 0 Å². The predicted molar refractivity (Wildman–Crippen MR) is 78.8 cm³/mol. The van der Waals surface area contributed by atoms with E-state index in [1.807, 2.05) is 12.3 Å². The van der Waals surface area contributed by atoms with Gasteiger partial charge >= 0.3 is 0 Å². The first kappa shape index (κ1) is 12.4. The van der Waals surface area contributed by atoms with Crippen molar-refractivity contribution in [3.05, 3.63) is 77.5 Å². The summed E-state index contributed by atoms with van der Waals surface area (Å²) in [4.78, 5) is 0. The van der Waals surface area contributed by atoms with Crippen LogP contribution >= 0.6 is 0 Å². The van der Waals surface area contributed by atoms with E-state index in [1.54, 1.807) is 0 Å². The van der Waals surface area contributed by atoms with Crippen molar-refractivity contribution >= 4 is 5.69 Å². The third-order valence-electron chi connectivity index (χ3n) is 2.95. The first-order chi connectivity index (χ1) is 8.75. The second-order valence-electron chi connectivity index (χ2n) is 4.55. The van der Waals surface area contributed by atoms with E-state index in [-0.39, 0.29) is 0 Å². The molecule has 1 nitrogen and oxygen atoms in total. The van der Waals surface area contributed by atoms with Gasteiger partial charge in [-0.3, -0.25) is 0 Å². The van der Waals surface area contributed by atoms with Crippen molar-refractivity contribution in [2.45, 2.75) is 20.3 Å². The minimum absolute atomic E-state index is 0.957. The summed E-state index contributed by atoms with van der Waals surface area (Å²) in [6, 6.07) is 16.9. The Morgan fingerprint density at radius 1 is 1.00 bits per heavy atom. The van der Waals surface area contributed by atoms with Crippen LogP contribution in [0.5, 0.6) is 0 Å². The van der Waals surface area contributed by atoms with Gasteiger partial charge in [0.2, 0.25) is 0 Å². The molecule has 0 atom stereocenters. The maximum atomic E-state index is 3.34. The Hall–Kier alpha value is -2.02. The predicted octanol–water partition coefficient (Wildman–Crippen LogP) is 4.47. The zero-order valence-corrected chi connectivity index (χ0v) is 11.0. The number of aryl methyl sites for hydroxylation is 2. The van der Waals surface area contributed by atoms with Crippen molar-refractivity contribution in [3.63, 3.8) is 0 Å². The molecule has 2 rings (SSSR count). The highest BCUT2D eigenvalue weighted by atomic mass is 14.8. The number of hydrogen-bond donors (Lipinski definition) is 1. The minimum atomic E-state index is 0.957. The number of hydrogen-bond acceptors (Lipinski definition) is 1. The van der Waals surface area contributed by atoms with Crippen LogP contribution < -0.4 is 5.32 Å². The van der Waals surface area contributed by atoms with Gasteiger partial charge < -0.3 is 5.32 Å². The summed E-state index contributed by atoms with van der Waals surface area (Å²) in [5.74, 6) is 0. The molecule has 0 saturated carbocycles. The Balaban J connectivity index is 1.93. The summed E-state index contributed by atoms with van der Waals surface area (Å²) in [6.07, 6.45) is 5.13. The molecule has 0 aromatic heterocycles. The van der Waals surface area contributed by atoms with E-state index in [1.165, 1.54) is 22.4 Å². The molecule has 0 unspecified atom stereocenters. The van der Waals surface area contributed by atoms with Gasteiger partial charge in [-0.25, -0.2) is 0 Å². The number of rotatable bonds is 4. The quantitative estimate of drug-likeness (QED) is 0.827. The topological polar surface area (TPSA) is 12.0 Å². The van der Waals surface area contributed by atoms with Crippen LogP contribution in [-0.2, 0) is 6.42 Å². The molecule has 2 aromatic rings. The monoisotopic (exact) mass is 237 g/mol. The summed E-state index contributed by atoms with van der Waals surface area (Å²) in [7, 11) is 0. The van der Waals surface area contributed by atoms with Crippen LogP contribution in [0.4, 0.5) is 5.69 Å².